The van der Waals surface area contributed by atoms with Gasteiger partial charge in [-0.3, -0.25) is 19.2 Å². The Bertz CT molecular complexity index is 1650. The van der Waals surface area contributed by atoms with Gasteiger partial charge in [-0.1, -0.05) is 60.7 Å². The van der Waals surface area contributed by atoms with Crippen molar-refractivity contribution < 1.29 is 19.1 Å². The Morgan fingerprint density at radius 2 is 0.981 bits per heavy atom. The van der Waals surface area contributed by atoms with Crippen LogP contribution in [0.5, 0.6) is 11.5 Å². The van der Waals surface area contributed by atoms with Gasteiger partial charge in [0.05, 0.1) is 0 Å². The van der Waals surface area contributed by atoms with Gasteiger partial charge in [-0.05, 0) is 62.3 Å². The Morgan fingerprint density at radius 1 is 0.577 bits per heavy atom. The SMILES string of the molecule is CN(CCC(=O)NCCCn1cccc(OCc2ccccc2)c1=O)CCN(C)CCC(=O)NCCCn1cccc(OCc2ccccc2)c1=O. The fraction of sp³-hybridized carbons (Fsp3) is 0.400. The number of aryl methyl sites for hydroxylation is 2. The summed E-state index contributed by atoms with van der Waals surface area (Å²) in [5.74, 6) is 0.556. The van der Waals surface area contributed by atoms with Crippen molar-refractivity contribution in [1.82, 2.24) is 29.6 Å². The summed E-state index contributed by atoms with van der Waals surface area (Å²) in [5.41, 5.74) is 1.61. The maximum Gasteiger partial charge on any atom is 0.292 e. The van der Waals surface area contributed by atoms with Crippen molar-refractivity contribution in [3.8, 4) is 11.5 Å². The van der Waals surface area contributed by atoms with Crippen LogP contribution in [0, 0.1) is 0 Å². The molecule has 0 aliphatic heterocycles. The smallest absolute Gasteiger partial charge is 0.292 e. The van der Waals surface area contributed by atoms with Gasteiger partial charge in [-0.2, -0.15) is 0 Å². The van der Waals surface area contributed by atoms with Crippen LogP contribution in [0.15, 0.2) is 107 Å². The predicted molar refractivity (Wildman–Crippen MR) is 202 cm³/mol. The molecular weight excluding hydrogens is 660 g/mol. The molecule has 2 heterocycles. The molecule has 12 heteroatoms. The van der Waals surface area contributed by atoms with Gasteiger partial charge in [0, 0.05) is 77.6 Å². The molecule has 2 aromatic carbocycles. The Hall–Kier alpha value is -5.20. The highest BCUT2D eigenvalue weighted by Gasteiger charge is 2.10. The third kappa shape index (κ3) is 14.2. The van der Waals surface area contributed by atoms with Gasteiger partial charge in [-0.15, -0.1) is 0 Å². The molecule has 0 fully saturated rings. The first-order valence-corrected chi connectivity index (χ1v) is 17.9. The summed E-state index contributed by atoms with van der Waals surface area (Å²) in [6.45, 7) is 5.33. The monoisotopic (exact) mass is 712 g/mol. The molecule has 2 N–H and O–H groups in total. The van der Waals surface area contributed by atoms with Gasteiger partial charge in [0.2, 0.25) is 11.8 Å². The number of rotatable bonds is 23. The molecular formula is C40H52N6O6. The second kappa shape index (κ2) is 21.9. The minimum Gasteiger partial charge on any atom is -0.483 e. The average Bonchev–Trinajstić information content (AvgIpc) is 3.16. The van der Waals surface area contributed by atoms with Crippen LogP contribution < -0.4 is 31.2 Å². The molecule has 0 atom stereocenters. The first kappa shape index (κ1) is 39.6. The predicted octanol–water partition coefficient (Wildman–Crippen LogP) is 3.52. The number of pyridine rings is 2. The molecule has 2 amide bonds. The highest BCUT2D eigenvalue weighted by atomic mass is 16.5. The average molecular weight is 713 g/mol. The lowest BCUT2D eigenvalue weighted by molar-refractivity contribution is -0.122. The van der Waals surface area contributed by atoms with E-state index in [9.17, 15) is 19.2 Å². The summed E-state index contributed by atoms with van der Waals surface area (Å²) in [6.07, 6.45) is 5.47. The lowest BCUT2D eigenvalue weighted by atomic mass is 10.2. The molecule has 0 bridgehead atoms. The number of aromatic nitrogens is 2. The maximum absolute atomic E-state index is 12.8. The molecule has 2 aromatic heterocycles. The third-order valence-corrected chi connectivity index (χ3v) is 8.55. The van der Waals surface area contributed by atoms with Crippen LogP contribution in [0.2, 0.25) is 0 Å². The number of carbonyl (C=O) groups is 2. The van der Waals surface area contributed by atoms with Gasteiger partial charge in [0.15, 0.2) is 11.5 Å². The second-order valence-electron chi connectivity index (χ2n) is 12.8. The topological polar surface area (TPSA) is 127 Å². The summed E-state index contributed by atoms with van der Waals surface area (Å²) < 4.78 is 14.7. The molecule has 52 heavy (non-hydrogen) atoms. The van der Waals surface area contributed by atoms with Gasteiger partial charge in [-0.25, -0.2) is 0 Å². The van der Waals surface area contributed by atoms with E-state index in [0.29, 0.717) is 89.7 Å². The van der Waals surface area contributed by atoms with Crippen molar-refractivity contribution in [1.29, 1.82) is 0 Å². The lowest BCUT2D eigenvalue weighted by Gasteiger charge is -2.21. The van der Waals surface area contributed by atoms with E-state index in [1.165, 1.54) is 0 Å². The molecule has 0 unspecified atom stereocenters. The number of ether oxygens (including phenoxy) is 2. The number of nitrogens with one attached hydrogen (secondary N) is 2. The zero-order chi connectivity index (χ0) is 37.0. The van der Waals surface area contributed by atoms with Gasteiger partial charge < -0.3 is 39.0 Å². The molecule has 0 radical (unpaired) electrons. The molecule has 0 spiro atoms. The number of hydrogen-bond acceptors (Lipinski definition) is 8. The van der Waals surface area contributed by atoms with Crippen LogP contribution in [-0.4, -0.2) is 84.1 Å². The number of carbonyl (C=O) groups excluding carboxylic acids is 2. The Balaban J connectivity index is 1.01. The summed E-state index contributed by atoms with van der Waals surface area (Å²) in [6, 6.07) is 26.3. The molecule has 0 saturated heterocycles. The summed E-state index contributed by atoms with van der Waals surface area (Å²) in [5, 5.41) is 5.89. The molecule has 0 aliphatic carbocycles. The highest BCUT2D eigenvalue weighted by Crippen LogP contribution is 2.09. The quantitative estimate of drug-likeness (QED) is 0.112. The normalized spacial score (nSPS) is 11.1. The molecule has 0 aliphatic rings. The van der Waals surface area contributed by atoms with Crippen molar-refractivity contribution >= 4 is 11.8 Å². The van der Waals surface area contributed by atoms with Crippen molar-refractivity contribution in [3.63, 3.8) is 0 Å². The van der Waals surface area contributed by atoms with E-state index in [1.54, 1.807) is 45.8 Å². The first-order chi connectivity index (χ1) is 25.3. The van der Waals surface area contributed by atoms with E-state index in [4.69, 9.17) is 9.47 Å². The number of nitrogens with zero attached hydrogens (tertiary/aromatic N) is 4. The Morgan fingerprint density at radius 3 is 1.38 bits per heavy atom. The van der Waals surface area contributed by atoms with Crippen LogP contribution >= 0.6 is 0 Å². The van der Waals surface area contributed by atoms with E-state index in [0.717, 1.165) is 24.2 Å². The summed E-state index contributed by atoms with van der Waals surface area (Å²) >= 11 is 0. The minimum atomic E-state index is -0.185. The molecule has 0 saturated carbocycles. The fourth-order valence-electron chi connectivity index (χ4n) is 5.35. The van der Waals surface area contributed by atoms with Crippen molar-refractivity contribution in [3.05, 3.63) is 129 Å². The lowest BCUT2D eigenvalue weighted by Crippen LogP contribution is -2.36. The zero-order valence-electron chi connectivity index (χ0n) is 30.4. The van der Waals surface area contributed by atoms with E-state index in [-0.39, 0.29) is 22.9 Å². The van der Waals surface area contributed by atoms with Gasteiger partial charge in [0.1, 0.15) is 13.2 Å². The summed E-state index contributed by atoms with van der Waals surface area (Å²) in [7, 11) is 3.95. The second-order valence-corrected chi connectivity index (χ2v) is 12.8. The van der Waals surface area contributed by atoms with Crippen LogP contribution in [0.4, 0.5) is 0 Å². The van der Waals surface area contributed by atoms with E-state index in [2.05, 4.69) is 20.4 Å². The number of likely N-dealkylation sites (N-methyl/N-ethyl adjacent to an activating group) is 2. The van der Waals surface area contributed by atoms with Crippen LogP contribution in [0.25, 0.3) is 0 Å². The Kier molecular flexibility index (Phi) is 16.7. The van der Waals surface area contributed by atoms with Crippen LogP contribution in [-0.2, 0) is 35.9 Å². The number of amides is 2. The van der Waals surface area contributed by atoms with E-state index < -0.39 is 0 Å². The molecule has 278 valence electrons. The van der Waals surface area contributed by atoms with Crippen molar-refractivity contribution in [2.45, 2.75) is 52.0 Å². The third-order valence-electron chi connectivity index (χ3n) is 8.55. The maximum atomic E-state index is 12.8. The Labute approximate surface area is 306 Å². The first-order valence-electron chi connectivity index (χ1n) is 17.9. The summed E-state index contributed by atoms with van der Waals surface area (Å²) in [4.78, 5) is 54.5. The van der Waals surface area contributed by atoms with Crippen LogP contribution in [0.3, 0.4) is 0 Å². The van der Waals surface area contributed by atoms with Crippen molar-refractivity contribution in [2.24, 2.45) is 0 Å². The zero-order valence-corrected chi connectivity index (χ0v) is 30.4. The number of hydrogen-bond donors (Lipinski definition) is 2. The van der Waals surface area contributed by atoms with Crippen LogP contribution in [0.1, 0.15) is 36.8 Å². The standard InChI is InChI=1S/C40H52N6O6/c1-43(27-19-37(47)41-21-11-25-45-23-9-17-35(39(45)49)51-31-33-13-5-3-6-14-33)29-30-44(2)28-20-38(48)42-22-12-26-46-24-10-18-36(40(46)50)52-32-34-15-7-4-8-16-34/h3-10,13-18,23-24H,11-12,19-22,25-32H2,1-2H3,(H,41,47)(H,42,48). The number of benzene rings is 2. The molecule has 4 rings (SSSR count). The molecule has 4 aromatic rings. The van der Waals surface area contributed by atoms with Gasteiger partial charge in [0.25, 0.3) is 11.1 Å². The fourth-order valence-corrected chi connectivity index (χ4v) is 5.35. The largest absolute Gasteiger partial charge is 0.483 e. The minimum absolute atomic E-state index is 0.0295. The van der Waals surface area contributed by atoms with E-state index in [1.807, 2.05) is 74.8 Å². The van der Waals surface area contributed by atoms with E-state index >= 15 is 0 Å². The highest BCUT2D eigenvalue weighted by molar-refractivity contribution is 5.76. The van der Waals surface area contributed by atoms with Crippen molar-refractivity contribution in [2.75, 3.05) is 53.4 Å². The molecule has 12 nitrogen and oxygen atoms in total. The van der Waals surface area contributed by atoms with Gasteiger partial charge >= 0.3 is 0 Å².